The van der Waals surface area contributed by atoms with Crippen LogP contribution >= 0.6 is 11.6 Å². The Hall–Kier alpha value is -2.67. The summed E-state index contributed by atoms with van der Waals surface area (Å²) in [5, 5.41) is 2.91. The zero-order valence-electron chi connectivity index (χ0n) is 17.7. The molecule has 3 rings (SSSR count). The zero-order valence-corrected chi connectivity index (χ0v) is 18.4. The lowest BCUT2D eigenvalue weighted by Crippen LogP contribution is -2.41. The number of hydrogen-bond donors (Lipinski definition) is 1. The second kappa shape index (κ2) is 9.22. The van der Waals surface area contributed by atoms with E-state index in [9.17, 15) is 18.4 Å². The number of rotatable bonds is 4. The predicted molar refractivity (Wildman–Crippen MR) is 116 cm³/mol. The second-order valence-electron chi connectivity index (χ2n) is 8.64. The number of hydrogen-bond acceptors (Lipinski definition) is 3. The van der Waals surface area contributed by atoms with E-state index in [2.05, 4.69) is 5.32 Å². The van der Waals surface area contributed by atoms with Crippen LogP contribution in [0.25, 0.3) is 0 Å². The average Bonchev–Trinajstić information content (AvgIpc) is 2.64. The van der Waals surface area contributed by atoms with Crippen molar-refractivity contribution in [3.8, 4) is 0 Å². The molecule has 31 heavy (non-hydrogen) atoms. The number of benzene rings is 2. The van der Waals surface area contributed by atoms with Crippen LogP contribution in [0.15, 0.2) is 36.4 Å². The molecule has 0 radical (unpaired) electrons. The molecule has 0 bridgehead atoms. The Morgan fingerprint density at radius 2 is 1.97 bits per heavy atom. The average molecular weight is 451 g/mol. The van der Waals surface area contributed by atoms with Crippen LogP contribution in [0.4, 0.5) is 25.0 Å². The Morgan fingerprint density at radius 1 is 1.23 bits per heavy atom. The quantitative estimate of drug-likeness (QED) is 0.626. The van der Waals surface area contributed by atoms with Gasteiger partial charge in [-0.05, 0) is 69.4 Å². The lowest BCUT2D eigenvalue weighted by atomic mass is 9.90. The van der Waals surface area contributed by atoms with Gasteiger partial charge in [-0.2, -0.15) is 0 Å². The first-order valence-corrected chi connectivity index (χ1v) is 10.4. The van der Waals surface area contributed by atoms with Crippen molar-refractivity contribution >= 4 is 35.0 Å². The highest BCUT2D eigenvalue weighted by atomic mass is 35.5. The van der Waals surface area contributed by atoms with Gasteiger partial charge in [-0.1, -0.05) is 17.7 Å². The van der Waals surface area contributed by atoms with E-state index >= 15 is 0 Å². The van der Waals surface area contributed by atoms with E-state index in [0.29, 0.717) is 47.8 Å². The van der Waals surface area contributed by atoms with Crippen molar-refractivity contribution in [2.24, 2.45) is 5.92 Å². The summed E-state index contributed by atoms with van der Waals surface area (Å²) in [5.41, 5.74) is 0.749. The van der Waals surface area contributed by atoms with Crippen molar-refractivity contribution in [3.05, 3.63) is 58.6 Å². The zero-order chi connectivity index (χ0) is 22.8. The van der Waals surface area contributed by atoms with Gasteiger partial charge in [-0.3, -0.25) is 10.1 Å². The lowest BCUT2D eigenvalue weighted by molar-refractivity contribution is -0.120. The highest BCUT2D eigenvalue weighted by Crippen LogP contribution is 2.33. The molecule has 166 valence electrons. The van der Waals surface area contributed by atoms with Gasteiger partial charge in [0.15, 0.2) is 0 Å². The third-order valence-corrected chi connectivity index (χ3v) is 5.22. The summed E-state index contributed by atoms with van der Waals surface area (Å²) >= 11 is 6.41. The van der Waals surface area contributed by atoms with E-state index in [1.54, 1.807) is 43.9 Å². The minimum absolute atomic E-state index is 0.00768. The van der Waals surface area contributed by atoms with Crippen LogP contribution < -0.4 is 10.2 Å². The first-order chi connectivity index (χ1) is 14.5. The van der Waals surface area contributed by atoms with Crippen molar-refractivity contribution in [1.29, 1.82) is 0 Å². The normalized spacial score (nSPS) is 16.9. The molecule has 5 nitrogen and oxygen atoms in total. The number of nitrogens with one attached hydrogen (secondary N) is 1. The third-order valence-electron chi connectivity index (χ3n) is 4.92. The standard InChI is InChI=1S/C23H25ClF2N2O3/c1-23(2,3)31-22(30)27-17-7-8-20(18(24)12-17)28-13-14(4-9-21(28)29)10-15-5-6-16(25)11-19(15)26/h5-8,11-12,14H,4,9-10,13H2,1-3H3,(H,27,30). The number of carbonyl (C=O) groups excluding carboxylic acids is 2. The smallest absolute Gasteiger partial charge is 0.412 e. The van der Waals surface area contributed by atoms with Crippen molar-refractivity contribution in [3.63, 3.8) is 0 Å². The van der Waals surface area contributed by atoms with E-state index < -0.39 is 23.3 Å². The highest BCUT2D eigenvalue weighted by molar-refractivity contribution is 6.34. The summed E-state index contributed by atoms with van der Waals surface area (Å²) in [6.45, 7) is 5.66. The van der Waals surface area contributed by atoms with E-state index in [4.69, 9.17) is 16.3 Å². The number of nitrogens with zero attached hydrogens (tertiary/aromatic N) is 1. The van der Waals surface area contributed by atoms with E-state index in [-0.39, 0.29) is 11.8 Å². The first-order valence-electron chi connectivity index (χ1n) is 10.1. The number of amides is 2. The molecule has 0 aliphatic carbocycles. The molecule has 1 aliphatic heterocycles. The van der Waals surface area contributed by atoms with Gasteiger partial charge in [-0.25, -0.2) is 13.6 Å². The molecule has 0 saturated carbocycles. The molecule has 1 heterocycles. The van der Waals surface area contributed by atoms with Crippen LogP contribution in [-0.4, -0.2) is 24.1 Å². The minimum Gasteiger partial charge on any atom is -0.444 e. The van der Waals surface area contributed by atoms with Crippen LogP contribution in [0.1, 0.15) is 39.2 Å². The largest absolute Gasteiger partial charge is 0.444 e. The van der Waals surface area contributed by atoms with Crippen LogP contribution in [0, 0.1) is 17.6 Å². The summed E-state index contributed by atoms with van der Waals surface area (Å²) in [7, 11) is 0. The maximum absolute atomic E-state index is 14.0. The van der Waals surface area contributed by atoms with E-state index in [0.717, 1.165) is 6.07 Å². The van der Waals surface area contributed by atoms with Crippen molar-refractivity contribution in [2.75, 3.05) is 16.8 Å². The van der Waals surface area contributed by atoms with Gasteiger partial charge >= 0.3 is 6.09 Å². The molecule has 1 saturated heterocycles. The van der Waals surface area contributed by atoms with Crippen molar-refractivity contribution in [2.45, 2.75) is 45.6 Å². The Bertz CT molecular complexity index is 991. The molecular weight excluding hydrogens is 426 g/mol. The molecule has 2 aromatic rings. The number of ether oxygens (including phenoxy) is 1. The van der Waals surface area contributed by atoms with Crippen LogP contribution in [0.3, 0.4) is 0 Å². The summed E-state index contributed by atoms with van der Waals surface area (Å²) in [5.74, 6) is -1.27. The number of anilines is 2. The number of piperidine rings is 1. The third kappa shape index (κ3) is 6.17. The number of carbonyl (C=O) groups is 2. The highest BCUT2D eigenvalue weighted by Gasteiger charge is 2.29. The first kappa shape index (κ1) is 23.0. The maximum Gasteiger partial charge on any atom is 0.412 e. The van der Waals surface area contributed by atoms with Gasteiger partial charge < -0.3 is 9.64 Å². The Kier molecular flexibility index (Phi) is 6.84. The van der Waals surface area contributed by atoms with Gasteiger partial charge in [0.05, 0.1) is 10.7 Å². The van der Waals surface area contributed by atoms with Crippen molar-refractivity contribution in [1.82, 2.24) is 0 Å². The van der Waals surface area contributed by atoms with Crippen molar-refractivity contribution < 1.29 is 23.1 Å². The van der Waals surface area contributed by atoms with Gasteiger partial charge in [0.25, 0.3) is 0 Å². The fourth-order valence-electron chi connectivity index (χ4n) is 3.54. The number of halogens is 3. The molecule has 1 unspecified atom stereocenters. The van der Waals surface area contributed by atoms with Gasteiger partial charge in [0.2, 0.25) is 5.91 Å². The van der Waals surface area contributed by atoms with Gasteiger partial charge in [-0.15, -0.1) is 0 Å². The molecule has 1 aliphatic rings. The molecular formula is C23H25ClF2N2O3. The van der Waals surface area contributed by atoms with Crippen LogP contribution in [0.2, 0.25) is 5.02 Å². The molecule has 1 atom stereocenters. The summed E-state index contributed by atoms with van der Waals surface area (Å²) < 4.78 is 32.4. The predicted octanol–water partition coefficient (Wildman–Crippen LogP) is 5.95. The molecule has 1 fully saturated rings. The van der Waals surface area contributed by atoms with E-state index in [1.165, 1.54) is 12.1 Å². The second-order valence-corrected chi connectivity index (χ2v) is 9.05. The Labute approximate surface area is 185 Å². The molecule has 0 spiro atoms. The molecule has 0 aromatic heterocycles. The SMILES string of the molecule is CC(C)(C)OC(=O)Nc1ccc(N2CC(Cc3ccc(F)cc3F)CCC2=O)c(Cl)c1. The molecule has 2 amide bonds. The van der Waals surface area contributed by atoms with Gasteiger partial charge in [0.1, 0.15) is 17.2 Å². The van der Waals surface area contributed by atoms with Crippen LogP contribution in [-0.2, 0) is 16.0 Å². The minimum atomic E-state index is -0.632. The fraction of sp³-hybridized carbons (Fsp3) is 0.391. The Balaban J connectivity index is 1.71. The summed E-state index contributed by atoms with van der Waals surface area (Å²) in [4.78, 5) is 26.1. The fourth-order valence-corrected chi connectivity index (χ4v) is 3.82. The monoisotopic (exact) mass is 450 g/mol. The summed E-state index contributed by atoms with van der Waals surface area (Å²) in [6.07, 6.45) is 0.710. The van der Waals surface area contributed by atoms with Crippen LogP contribution in [0.5, 0.6) is 0 Å². The lowest BCUT2D eigenvalue weighted by Gasteiger charge is -2.33. The maximum atomic E-state index is 14.0. The molecule has 8 heteroatoms. The molecule has 1 N–H and O–H groups in total. The van der Waals surface area contributed by atoms with E-state index in [1.807, 2.05) is 0 Å². The topological polar surface area (TPSA) is 58.6 Å². The Morgan fingerprint density at radius 3 is 2.61 bits per heavy atom. The summed E-state index contributed by atoms with van der Waals surface area (Å²) in [6, 6.07) is 8.40. The molecule has 2 aromatic carbocycles. The van der Waals surface area contributed by atoms with Gasteiger partial charge in [0, 0.05) is 24.7 Å².